The van der Waals surface area contributed by atoms with Gasteiger partial charge in [-0.05, 0) is 42.5 Å². The van der Waals surface area contributed by atoms with Gasteiger partial charge in [0.25, 0.3) is 23.4 Å². The highest BCUT2D eigenvalue weighted by molar-refractivity contribution is 6.34. The number of carbonyl (C=O) groups is 3. The fourth-order valence-corrected chi connectivity index (χ4v) is 3.08. The maximum atomic E-state index is 12.5. The van der Waals surface area contributed by atoms with Gasteiger partial charge >= 0.3 is 0 Å². The Kier molecular flexibility index (Phi) is 4.36. The molecule has 4 rings (SSSR count). The first kappa shape index (κ1) is 18.1. The number of nitro groups is 1. The van der Waals surface area contributed by atoms with Gasteiger partial charge in [-0.1, -0.05) is 18.2 Å². The van der Waals surface area contributed by atoms with E-state index >= 15 is 0 Å². The monoisotopic (exact) mass is 387 g/mol. The van der Waals surface area contributed by atoms with E-state index in [0.29, 0.717) is 22.5 Å². The molecule has 0 aliphatic carbocycles. The van der Waals surface area contributed by atoms with Gasteiger partial charge in [0.1, 0.15) is 0 Å². The number of carbonyl (C=O) groups excluding carboxylic acids is 3. The average molecular weight is 387 g/mol. The van der Waals surface area contributed by atoms with Gasteiger partial charge in [0.05, 0.1) is 21.7 Å². The van der Waals surface area contributed by atoms with E-state index < -0.39 is 22.6 Å². The van der Waals surface area contributed by atoms with Gasteiger partial charge in [0.15, 0.2) is 0 Å². The highest BCUT2D eigenvalue weighted by atomic mass is 16.6. The Labute approximate surface area is 164 Å². The Morgan fingerprint density at radius 2 is 1.48 bits per heavy atom. The van der Waals surface area contributed by atoms with E-state index in [0.717, 1.165) is 4.90 Å². The molecule has 0 aromatic heterocycles. The summed E-state index contributed by atoms with van der Waals surface area (Å²) in [6, 6.07) is 18.2. The second-order valence-electron chi connectivity index (χ2n) is 6.30. The molecule has 0 unspecified atom stereocenters. The van der Waals surface area contributed by atoms with E-state index in [4.69, 9.17) is 0 Å². The van der Waals surface area contributed by atoms with Gasteiger partial charge in [-0.2, -0.15) is 0 Å². The van der Waals surface area contributed by atoms with Crippen LogP contribution in [0.3, 0.4) is 0 Å². The lowest BCUT2D eigenvalue weighted by Crippen LogP contribution is -2.29. The number of hydrogen-bond acceptors (Lipinski definition) is 5. The molecule has 0 atom stereocenters. The van der Waals surface area contributed by atoms with Crippen LogP contribution in [0.5, 0.6) is 0 Å². The van der Waals surface area contributed by atoms with Crippen molar-refractivity contribution in [2.75, 3.05) is 10.2 Å². The van der Waals surface area contributed by atoms with E-state index in [-0.39, 0.29) is 11.3 Å². The Bertz CT molecular complexity index is 1140. The zero-order valence-corrected chi connectivity index (χ0v) is 14.9. The first-order chi connectivity index (χ1) is 14.0. The summed E-state index contributed by atoms with van der Waals surface area (Å²) < 4.78 is 0. The minimum atomic E-state index is -0.576. The summed E-state index contributed by atoms with van der Waals surface area (Å²) in [7, 11) is 0. The molecule has 29 heavy (non-hydrogen) atoms. The molecule has 1 aliphatic heterocycles. The fourth-order valence-electron chi connectivity index (χ4n) is 3.08. The normalized spacial score (nSPS) is 12.6. The van der Waals surface area contributed by atoms with Crippen LogP contribution in [0, 0.1) is 10.1 Å². The number of nitro benzene ring substituents is 1. The highest BCUT2D eigenvalue weighted by Gasteiger charge is 2.36. The van der Waals surface area contributed by atoms with Gasteiger partial charge in [0.2, 0.25) is 0 Å². The average Bonchev–Trinajstić information content (AvgIpc) is 2.99. The van der Waals surface area contributed by atoms with Crippen LogP contribution >= 0.6 is 0 Å². The molecule has 1 aliphatic rings. The molecule has 0 radical (unpaired) electrons. The van der Waals surface area contributed by atoms with Crippen LogP contribution in [0.2, 0.25) is 0 Å². The zero-order chi connectivity index (χ0) is 20.5. The predicted octanol–water partition coefficient (Wildman–Crippen LogP) is 3.65. The van der Waals surface area contributed by atoms with Crippen molar-refractivity contribution in [2.45, 2.75) is 0 Å². The zero-order valence-electron chi connectivity index (χ0n) is 14.9. The van der Waals surface area contributed by atoms with Gasteiger partial charge in [-0.25, -0.2) is 4.90 Å². The maximum absolute atomic E-state index is 12.5. The van der Waals surface area contributed by atoms with E-state index in [1.807, 2.05) is 0 Å². The van der Waals surface area contributed by atoms with Gasteiger partial charge in [-0.15, -0.1) is 0 Å². The summed E-state index contributed by atoms with van der Waals surface area (Å²) in [5.41, 5.74) is 1.45. The number of amides is 3. The molecule has 8 nitrogen and oxygen atoms in total. The standard InChI is InChI=1S/C21H13N3O5/c25-19(13-4-3-5-16(12-13)24(28)29)22-14-8-10-15(11-9-14)23-20(26)17-6-1-2-7-18(17)21(23)27/h1-12H,(H,22,25). The number of fused-ring (bicyclic) bond motifs is 1. The molecule has 8 heteroatoms. The van der Waals surface area contributed by atoms with E-state index in [9.17, 15) is 24.5 Å². The van der Waals surface area contributed by atoms with E-state index in [2.05, 4.69) is 5.32 Å². The van der Waals surface area contributed by atoms with Crippen LogP contribution in [-0.4, -0.2) is 22.6 Å². The van der Waals surface area contributed by atoms with Gasteiger partial charge < -0.3 is 5.32 Å². The topological polar surface area (TPSA) is 110 Å². The summed E-state index contributed by atoms with van der Waals surface area (Å²) >= 11 is 0. The number of imide groups is 1. The number of benzene rings is 3. The number of nitrogens with one attached hydrogen (secondary N) is 1. The molecular formula is C21H13N3O5. The third-order valence-electron chi connectivity index (χ3n) is 4.50. The Balaban J connectivity index is 1.53. The van der Waals surface area contributed by atoms with Crippen molar-refractivity contribution in [3.05, 3.63) is 99.6 Å². The first-order valence-corrected chi connectivity index (χ1v) is 8.59. The molecule has 1 N–H and O–H groups in total. The Hall–Kier alpha value is -4.33. The van der Waals surface area contributed by atoms with Crippen molar-refractivity contribution in [2.24, 2.45) is 0 Å². The molecule has 0 saturated carbocycles. The van der Waals surface area contributed by atoms with Gasteiger partial charge in [-0.3, -0.25) is 24.5 Å². The molecule has 3 amide bonds. The highest BCUT2D eigenvalue weighted by Crippen LogP contribution is 2.29. The molecule has 0 fully saturated rings. The van der Waals surface area contributed by atoms with Crippen molar-refractivity contribution in [3.8, 4) is 0 Å². The first-order valence-electron chi connectivity index (χ1n) is 8.59. The molecule has 142 valence electrons. The quantitative estimate of drug-likeness (QED) is 0.417. The number of rotatable bonds is 4. The van der Waals surface area contributed by atoms with Crippen LogP contribution in [0.1, 0.15) is 31.1 Å². The summed E-state index contributed by atoms with van der Waals surface area (Å²) in [5.74, 6) is -1.32. The fraction of sp³-hybridized carbons (Fsp3) is 0. The molecule has 0 saturated heterocycles. The lowest BCUT2D eigenvalue weighted by atomic mass is 10.1. The lowest BCUT2D eigenvalue weighted by Gasteiger charge is -2.14. The number of non-ortho nitro benzene ring substituents is 1. The van der Waals surface area contributed by atoms with Crippen LogP contribution in [0.4, 0.5) is 17.1 Å². The van der Waals surface area contributed by atoms with Gasteiger partial charge in [0, 0.05) is 23.4 Å². The summed E-state index contributed by atoms with van der Waals surface area (Å²) in [4.78, 5) is 48.7. The second-order valence-corrected chi connectivity index (χ2v) is 6.30. The number of hydrogen-bond donors (Lipinski definition) is 1. The van der Waals surface area contributed by atoms with Crippen LogP contribution in [-0.2, 0) is 0 Å². The van der Waals surface area contributed by atoms with Crippen molar-refractivity contribution >= 4 is 34.8 Å². The van der Waals surface area contributed by atoms with Crippen molar-refractivity contribution < 1.29 is 19.3 Å². The Morgan fingerprint density at radius 3 is 2.07 bits per heavy atom. The summed E-state index contributed by atoms with van der Waals surface area (Å²) in [6.07, 6.45) is 0. The third kappa shape index (κ3) is 3.23. The third-order valence-corrected chi connectivity index (χ3v) is 4.50. The molecule has 0 spiro atoms. The van der Waals surface area contributed by atoms with Crippen molar-refractivity contribution in [3.63, 3.8) is 0 Å². The van der Waals surface area contributed by atoms with Crippen LogP contribution in [0.15, 0.2) is 72.8 Å². The van der Waals surface area contributed by atoms with E-state index in [1.165, 1.54) is 24.3 Å². The SMILES string of the molecule is O=C(Nc1ccc(N2C(=O)c3ccccc3C2=O)cc1)c1cccc([N+](=O)[O-])c1. The largest absolute Gasteiger partial charge is 0.322 e. The number of anilines is 2. The Morgan fingerprint density at radius 1 is 0.862 bits per heavy atom. The molecule has 1 heterocycles. The molecule has 3 aromatic carbocycles. The van der Waals surface area contributed by atoms with Crippen molar-refractivity contribution in [1.29, 1.82) is 0 Å². The minimum Gasteiger partial charge on any atom is -0.322 e. The summed E-state index contributed by atoms with van der Waals surface area (Å²) in [5, 5.41) is 13.5. The summed E-state index contributed by atoms with van der Waals surface area (Å²) in [6.45, 7) is 0. The minimum absolute atomic E-state index is 0.142. The second kappa shape index (κ2) is 7.01. The molecule has 0 bridgehead atoms. The maximum Gasteiger partial charge on any atom is 0.270 e. The predicted molar refractivity (Wildman–Crippen MR) is 105 cm³/mol. The van der Waals surface area contributed by atoms with E-state index in [1.54, 1.807) is 48.5 Å². The lowest BCUT2D eigenvalue weighted by molar-refractivity contribution is -0.384. The number of nitrogens with zero attached hydrogens (tertiary/aromatic N) is 2. The van der Waals surface area contributed by atoms with Crippen LogP contribution in [0.25, 0.3) is 0 Å². The molecule has 3 aromatic rings. The smallest absolute Gasteiger partial charge is 0.270 e. The molecular weight excluding hydrogens is 374 g/mol. The van der Waals surface area contributed by atoms with Crippen molar-refractivity contribution in [1.82, 2.24) is 0 Å². The van der Waals surface area contributed by atoms with Crippen LogP contribution < -0.4 is 10.2 Å².